The fourth-order valence-electron chi connectivity index (χ4n) is 2.76. The predicted octanol–water partition coefficient (Wildman–Crippen LogP) is 4.22. The van der Waals surface area contributed by atoms with Gasteiger partial charge in [0, 0.05) is 30.0 Å². The van der Waals surface area contributed by atoms with Crippen LogP contribution < -0.4 is 5.32 Å². The Morgan fingerprint density at radius 3 is 2.43 bits per heavy atom. The van der Waals surface area contributed by atoms with E-state index < -0.39 is 21.0 Å². The molecule has 0 spiro atoms. The van der Waals surface area contributed by atoms with E-state index in [1.807, 2.05) is 0 Å². The second kappa shape index (κ2) is 9.65. The van der Waals surface area contributed by atoms with Crippen LogP contribution in [0.15, 0.2) is 84.0 Å². The normalized spacial score (nSPS) is 12.6. The first-order chi connectivity index (χ1) is 14.4. The highest BCUT2D eigenvalue weighted by Crippen LogP contribution is 2.28. The largest absolute Gasteiger partial charge is 0.351 e. The van der Waals surface area contributed by atoms with E-state index in [9.17, 15) is 17.6 Å². The Labute approximate surface area is 179 Å². The molecule has 1 aromatic heterocycles. The Kier molecular flexibility index (Phi) is 6.97. The van der Waals surface area contributed by atoms with Gasteiger partial charge in [0.1, 0.15) is 11.1 Å². The lowest BCUT2D eigenvalue weighted by molar-refractivity contribution is -0.116. The number of hydrogen-bond acceptors (Lipinski definition) is 4. The minimum absolute atomic E-state index is 0.0943. The highest BCUT2D eigenvalue weighted by atomic mass is 35.5. The number of pyridine rings is 1. The number of benzene rings is 2. The summed E-state index contributed by atoms with van der Waals surface area (Å²) in [6.07, 6.45) is 5.78. The fraction of sp³-hybridized carbons (Fsp3) is 0.0909. The molecule has 0 saturated heterocycles. The van der Waals surface area contributed by atoms with E-state index in [2.05, 4.69) is 10.3 Å². The smallest absolute Gasteiger partial charge is 0.244 e. The van der Waals surface area contributed by atoms with Gasteiger partial charge in [-0.15, -0.1) is 0 Å². The summed E-state index contributed by atoms with van der Waals surface area (Å²) in [7, 11) is -3.82. The van der Waals surface area contributed by atoms with Crippen LogP contribution in [-0.4, -0.2) is 25.9 Å². The summed E-state index contributed by atoms with van der Waals surface area (Å²) >= 11 is 5.86. The molecule has 0 aliphatic rings. The Morgan fingerprint density at radius 2 is 1.80 bits per heavy atom. The van der Waals surface area contributed by atoms with Gasteiger partial charge >= 0.3 is 0 Å². The molecule has 1 N–H and O–H groups in total. The molecule has 3 rings (SSSR count). The van der Waals surface area contributed by atoms with Gasteiger partial charge in [-0.05, 0) is 59.7 Å². The minimum atomic E-state index is -3.82. The van der Waals surface area contributed by atoms with Crippen molar-refractivity contribution in [2.24, 2.45) is 0 Å². The molecule has 0 aliphatic carbocycles. The van der Waals surface area contributed by atoms with Gasteiger partial charge in [-0.1, -0.05) is 29.8 Å². The van der Waals surface area contributed by atoms with E-state index in [0.29, 0.717) is 16.1 Å². The van der Waals surface area contributed by atoms with Crippen LogP contribution in [0.4, 0.5) is 4.39 Å². The van der Waals surface area contributed by atoms with Crippen LogP contribution in [0.25, 0.3) is 6.08 Å². The van der Waals surface area contributed by atoms with Crippen molar-refractivity contribution in [2.45, 2.75) is 10.1 Å². The Hall–Kier alpha value is -3.03. The molecule has 30 heavy (non-hydrogen) atoms. The third kappa shape index (κ3) is 5.52. The fourth-order valence-corrected chi connectivity index (χ4v) is 4.53. The van der Waals surface area contributed by atoms with Crippen LogP contribution in [0.2, 0.25) is 5.02 Å². The zero-order valence-corrected chi connectivity index (χ0v) is 17.3. The number of carbonyl (C=O) groups excluding carboxylic acids is 1. The van der Waals surface area contributed by atoms with Gasteiger partial charge in [0.05, 0.1) is 4.90 Å². The quantitative estimate of drug-likeness (QED) is 0.553. The van der Waals surface area contributed by atoms with Crippen molar-refractivity contribution in [3.63, 3.8) is 0 Å². The lowest BCUT2D eigenvalue weighted by Gasteiger charge is -2.18. The number of nitrogens with zero attached hydrogens (tertiary/aromatic N) is 1. The monoisotopic (exact) mass is 444 g/mol. The molecule has 1 amide bonds. The predicted molar refractivity (Wildman–Crippen MR) is 114 cm³/mol. The summed E-state index contributed by atoms with van der Waals surface area (Å²) in [6, 6.07) is 14.8. The van der Waals surface area contributed by atoms with Crippen molar-refractivity contribution in [2.75, 3.05) is 6.54 Å². The molecule has 1 heterocycles. The molecule has 0 aliphatic heterocycles. The third-order valence-corrected chi connectivity index (χ3v) is 6.70. The second-order valence-electron chi connectivity index (χ2n) is 6.40. The number of sulfone groups is 1. The molecule has 154 valence electrons. The summed E-state index contributed by atoms with van der Waals surface area (Å²) in [6.45, 7) is -0.150. The molecule has 2 aromatic carbocycles. The average molecular weight is 445 g/mol. The van der Waals surface area contributed by atoms with Crippen LogP contribution >= 0.6 is 11.6 Å². The Balaban J connectivity index is 1.79. The van der Waals surface area contributed by atoms with Crippen LogP contribution in [0.3, 0.4) is 0 Å². The molecule has 0 fully saturated rings. The first-order valence-corrected chi connectivity index (χ1v) is 10.9. The molecule has 0 bridgehead atoms. The maximum atomic E-state index is 13.2. The van der Waals surface area contributed by atoms with Gasteiger partial charge in [0.15, 0.2) is 9.84 Å². The van der Waals surface area contributed by atoms with E-state index in [0.717, 1.165) is 0 Å². The number of aromatic nitrogens is 1. The first kappa shape index (κ1) is 21.7. The molecule has 0 radical (unpaired) electrons. The highest BCUT2D eigenvalue weighted by molar-refractivity contribution is 7.91. The number of rotatable bonds is 7. The van der Waals surface area contributed by atoms with Crippen molar-refractivity contribution >= 4 is 33.4 Å². The molecular formula is C22H18ClFN2O3S. The maximum Gasteiger partial charge on any atom is 0.244 e. The zero-order valence-electron chi connectivity index (χ0n) is 15.7. The van der Waals surface area contributed by atoms with Crippen molar-refractivity contribution < 1.29 is 17.6 Å². The molecule has 0 saturated carbocycles. The van der Waals surface area contributed by atoms with Crippen molar-refractivity contribution in [3.8, 4) is 0 Å². The van der Waals surface area contributed by atoms with Crippen LogP contribution in [0.5, 0.6) is 0 Å². The van der Waals surface area contributed by atoms with E-state index in [1.54, 1.807) is 18.3 Å². The SMILES string of the molecule is O=C(/C=C/c1ccc(F)cc1)NCC(c1cccnc1)S(=O)(=O)c1ccc(Cl)cc1. The van der Waals surface area contributed by atoms with Crippen molar-refractivity contribution in [1.82, 2.24) is 10.3 Å². The van der Waals surface area contributed by atoms with Gasteiger partial charge in [0.25, 0.3) is 0 Å². The average Bonchev–Trinajstić information content (AvgIpc) is 2.74. The van der Waals surface area contributed by atoms with Crippen LogP contribution in [0.1, 0.15) is 16.4 Å². The van der Waals surface area contributed by atoms with E-state index in [1.165, 1.54) is 66.9 Å². The molecule has 1 unspecified atom stereocenters. The number of carbonyl (C=O) groups is 1. The minimum Gasteiger partial charge on any atom is -0.351 e. The van der Waals surface area contributed by atoms with E-state index >= 15 is 0 Å². The van der Waals surface area contributed by atoms with Gasteiger partial charge < -0.3 is 5.32 Å². The first-order valence-electron chi connectivity index (χ1n) is 8.97. The van der Waals surface area contributed by atoms with Crippen molar-refractivity contribution in [1.29, 1.82) is 0 Å². The maximum absolute atomic E-state index is 13.2. The number of nitrogens with one attached hydrogen (secondary N) is 1. The summed E-state index contributed by atoms with van der Waals surface area (Å²) in [4.78, 5) is 16.3. The standard InChI is InChI=1S/C22H18ClFN2O3S/c23-18-6-10-20(11-7-18)30(28,29)21(17-2-1-13-25-14-17)15-26-22(27)12-5-16-3-8-19(24)9-4-16/h1-14,21H,15H2,(H,26,27)/b12-5+. The Bertz CT molecular complexity index is 1130. The summed E-state index contributed by atoms with van der Waals surface area (Å²) in [5, 5.41) is 2.01. The summed E-state index contributed by atoms with van der Waals surface area (Å²) in [5.41, 5.74) is 1.10. The van der Waals surface area contributed by atoms with Gasteiger partial charge in [-0.25, -0.2) is 12.8 Å². The van der Waals surface area contributed by atoms with E-state index in [4.69, 9.17) is 11.6 Å². The lowest BCUT2D eigenvalue weighted by atomic mass is 10.2. The molecule has 8 heteroatoms. The summed E-state index contributed by atoms with van der Waals surface area (Å²) in [5.74, 6) is -0.845. The lowest BCUT2D eigenvalue weighted by Crippen LogP contribution is -2.31. The van der Waals surface area contributed by atoms with Crippen molar-refractivity contribution in [3.05, 3.63) is 101 Å². The van der Waals surface area contributed by atoms with Gasteiger partial charge in [0.2, 0.25) is 5.91 Å². The number of hydrogen-bond donors (Lipinski definition) is 1. The molecular weight excluding hydrogens is 427 g/mol. The molecule has 3 aromatic rings. The highest BCUT2D eigenvalue weighted by Gasteiger charge is 2.29. The summed E-state index contributed by atoms with van der Waals surface area (Å²) < 4.78 is 39.3. The Morgan fingerprint density at radius 1 is 1.10 bits per heavy atom. The number of amides is 1. The zero-order chi connectivity index (χ0) is 21.6. The van der Waals surface area contributed by atoms with Gasteiger partial charge in [-0.3, -0.25) is 9.78 Å². The number of halogens is 2. The topological polar surface area (TPSA) is 76.1 Å². The third-order valence-electron chi connectivity index (χ3n) is 4.33. The molecule has 1 atom stereocenters. The second-order valence-corrected chi connectivity index (χ2v) is 8.97. The van der Waals surface area contributed by atoms with E-state index in [-0.39, 0.29) is 17.3 Å². The van der Waals surface area contributed by atoms with Gasteiger partial charge in [-0.2, -0.15) is 0 Å². The molecule has 5 nitrogen and oxygen atoms in total. The van der Waals surface area contributed by atoms with Crippen LogP contribution in [0, 0.1) is 5.82 Å². The van der Waals surface area contributed by atoms with Crippen LogP contribution in [-0.2, 0) is 14.6 Å².